The molecule has 208 valence electrons. The van der Waals surface area contributed by atoms with E-state index in [-0.39, 0.29) is 5.91 Å². The summed E-state index contributed by atoms with van der Waals surface area (Å²) in [5.41, 5.74) is 1.70. The van der Waals surface area contributed by atoms with Gasteiger partial charge in [-0.05, 0) is 97.2 Å². The third-order valence-corrected chi connectivity index (χ3v) is 6.45. The van der Waals surface area contributed by atoms with Crippen molar-refractivity contribution in [3.63, 3.8) is 0 Å². The summed E-state index contributed by atoms with van der Waals surface area (Å²) in [5.74, 6) is -0.0817. The Morgan fingerprint density at radius 2 is 1.58 bits per heavy atom. The highest BCUT2D eigenvalue weighted by atomic mass is 16.6. The van der Waals surface area contributed by atoms with Gasteiger partial charge in [0.15, 0.2) is 0 Å². The highest BCUT2D eigenvalue weighted by Gasteiger charge is 2.42. The third kappa shape index (κ3) is 7.97. The largest absolute Gasteiger partial charge is 0.497 e. The van der Waals surface area contributed by atoms with Gasteiger partial charge in [0.05, 0.1) is 7.11 Å². The van der Waals surface area contributed by atoms with Crippen molar-refractivity contribution in [2.75, 3.05) is 12.4 Å². The number of rotatable bonds is 9. The van der Waals surface area contributed by atoms with E-state index in [9.17, 15) is 14.4 Å². The molecule has 0 bridgehead atoms. The number of ether oxygens (including phenoxy) is 2. The highest BCUT2D eigenvalue weighted by Crippen LogP contribution is 2.35. The summed E-state index contributed by atoms with van der Waals surface area (Å²) in [6, 6.07) is 11.0. The van der Waals surface area contributed by atoms with Crippen LogP contribution in [0.15, 0.2) is 42.5 Å². The number of alkyl carbamates (subject to hydrolysis) is 1. The molecular formula is C30H43N3O5. The van der Waals surface area contributed by atoms with Gasteiger partial charge >= 0.3 is 6.09 Å². The molecule has 2 N–H and O–H groups in total. The zero-order valence-corrected chi connectivity index (χ0v) is 24.4. The van der Waals surface area contributed by atoms with Crippen LogP contribution >= 0.6 is 0 Å². The van der Waals surface area contributed by atoms with E-state index in [4.69, 9.17) is 9.47 Å². The zero-order chi connectivity index (χ0) is 28.8. The fraction of sp³-hybridized carbons (Fsp3) is 0.500. The minimum Gasteiger partial charge on any atom is -0.497 e. The molecule has 0 aliphatic rings. The Labute approximate surface area is 227 Å². The minimum atomic E-state index is -0.956. The second-order valence-corrected chi connectivity index (χ2v) is 11.2. The summed E-state index contributed by atoms with van der Waals surface area (Å²) < 4.78 is 10.6. The van der Waals surface area contributed by atoms with E-state index in [1.165, 1.54) is 0 Å². The number of benzene rings is 2. The van der Waals surface area contributed by atoms with E-state index in [2.05, 4.69) is 10.6 Å². The van der Waals surface area contributed by atoms with E-state index < -0.39 is 35.2 Å². The molecule has 2 rings (SSSR count). The summed E-state index contributed by atoms with van der Waals surface area (Å²) in [6.45, 7) is 16.6. The molecule has 0 aromatic heterocycles. The van der Waals surface area contributed by atoms with E-state index in [0.29, 0.717) is 17.9 Å². The Balaban J connectivity index is 2.58. The van der Waals surface area contributed by atoms with Crippen LogP contribution in [0.1, 0.15) is 77.6 Å². The van der Waals surface area contributed by atoms with Gasteiger partial charge in [0.2, 0.25) is 5.91 Å². The molecule has 2 atom stereocenters. The van der Waals surface area contributed by atoms with Gasteiger partial charge in [-0.1, -0.05) is 30.7 Å². The lowest BCUT2D eigenvalue weighted by molar-refractivity contribution is -0.147. The summed E-state index contributed by atoms with van der Waals surface area (Å²) in [4.78, 5) is 42.2. The lowest BCUT2D eigenvalue weighted by Gasteiger charge is -2.44. The number of anilines is 1. The summed E-state index contributed by atoms with van der Waals surface area (Å²) >= 11 is 0. The SMILES string of the molecule is CCC(C)(C)N(C(=O)C(C)NC(=O)OC(C)(C)C)C(C(=O)Nc1ccc(OC)cc1)c1cc(C)ccc1C. The Morgan fingerprint density at radius 3 is 2.11 bits per heavy atom. The number of nitrogens with one attached hydrogen (secondary N) is 2. The van der Waals surface area contributed by atoms with Gasteiger partial charge < -0.3 is 25.0 Å². The average molecular weight is 526 g/mol. The van der Waals surface area contributed by atoms with Crippen LogP contribution in [0, 0.1) is 13.8 Å². The molecule has 0 aliphatic carbocycles. The fourth-order valence-corrected chi connectivity index (χ4v) is 4.04. The van der Waals surface area contributed by atoms with E-state index >= 15 is 0 Å². The number of amides is 3. The summed E-state index contributed by atoms with van der Waals surface area (Å²) in [6.07, 6.45) is -0.117. The Kier molecular flexibility index (Phi) is 9.95. The monoisotopic (exact) mass is 525 g/mol. The Bertz CT molecular complexity index is 1140. The van der Waals surface area contributed by atoms with Gasteiger partial charge in [-0.2, -0.15) is 0 Å². The van der Waals surface area contributed by atoms with Crippen molar-refractivity contribution >= 4 is 23.6 Å². The van der Waals surface area contributed by atoms with Crippen LogP contribution in [0.3, 0.4) is 0 Å². The number of hydrogen-bond acceptors (Lipinski definition) is 5. The van der Waals surface area contributed by atoms with Gasteiger partial charge in [0.25, 0.3) is 5.91 Å². The van der Waals surface area contributed by atoms with Crippen LogP contribution in [-0.4, -0.2) is 47.1 Å². The predicted molar refractivity (Wildman–Crippen MR) is 150 cm³/mol. The molecule has 0 spiro atoms. The quantitative estimate of drug-likeness (QED) is 0.423. The molecular weight excluding hydrogens is 482 g/mol. The standard InChI is InChI=1S/C30H43N3O5/c1-11-30(8,9)33(27(35)21(4)31-28(36)38-29(5,6)7)25(24-18-19(2)12-13-20(24)3)26(34)32-22-14-16-23(37-10)17-15-22/h12-18,21,25H,11H2,1-10H3,(H,31,36)(H,32,34). The van der Waals surface area contributed by atoms with Crippen molar-refractivity contribution in [3.05, 3.63) is 59.2 Å². The lowest BCUT2D eigenvalue weighted by Crippen LogP contribution is -2.58. The smallest absolute Gasteiger partial charge is 0.408 e. The minimum absolute atomic E-state index is 0.358. The Morgan fingerprint density at radius 1 is 0.974 bits per heavy atom. The summed E-state index contributed by atoms with van der Waals surface area (Å²) in [5, 5.41) is 5.63. The van der Waals surface area contributed by atoms with Gasteiger partial charge in [-0.25, -0.2) is 4.79 Å². The van der Waals surface area contributed by atoms with Gasteiger partial charge in [0, 0.05) is 11.2 Å². The molecule has 0 radical (unpaired) electrons. The second-order valence-electron chi connectivity index (χ2n) is 11.2. The molecule has 2 unspecified atom stereocenters. The molecule has 0 saturated carbocycles. The van der Waals surface area contributed by atoms with Crippen molar-refractivity contribution in [1.29, 1.82) is 0 Å². The number of methoxy groups -OCH3 is 1. The van der Waals surface area contributed by atoms with Crippen molar-refractivity contribution in [3.8, 4) is 5.75 Å². The molecule has 8 nitrogen and oxygen atoms in total. The van der Waals surface area contributed by atoms with E-state index in [0.717, 1.165) is 16.7 Å². The topological polar surface area (TPSA) is 97.0 Å². The van der Waals surface area contributed by atoms with Gasteiger partial charge in [-0.15, -0.1) is 0 Å². The van der Waals surface area contributed by atoms with Crippen LogP contribution in [0.2, 0.25) is 0 Å². The molecule has 0 aliphatic heterocycles. The van der Waals surface area contributed by atoms with Crippen LogP contribution in [0.4, 0.5) is 10.5 Å². The molecule has 2 aromatic rings. The highest BCUT2D eigenvalue weighted by molar-refractivity contribution is 5.99. The van der Waals surface area contributed by atoms with Crippen molar-refractivity contribution in [2.45, 2.75) is 92.0 Å². The average Bonchev–Trinajstić information content (AvgIpc) is 2.82. The van der Waals surface area contributed by atoms with Crippen LogP contribution < -0.4 is 15.4 Å². The maximum Gasteiger partial charge on any atom is 0.408 e. The van der Waals surface area contributed by atoms with Gasteiger partial charge in [-0.3, -0.25) is 9.59 Å². The molecule has 38 heavy (non-hydrogen) atoms. The molecule has 0 fully saturated rings. The molecule has 0 heterocycles. The van der Waals surface area contributed by atoms with E-state index in [1.54, 1.807) is 64.0 Å². The van der Waals surface area contributed by atoms with Crippen LogP contribution in [-0.2, 0) is 14.3 Å². The predicted octanol–water partition coefficient (Wildman–Crippen LogP) is 5.92. The number of aryl methyl sites for hydroxylation is 2. The first-order valence-electron chi connectivity index (χ1n) is 12.9. The number of carbonyl (C=O) groups excluding carboxylic acids is 3. The van der Waals surface area contributed by atoms with Gasteiger partial charge in [0.1, 0.15) is 23.4 Å². The number of carbonyl (C=O) groups is 3. The number of nitrogens with zero attached hydrogens (tertiary/aromatic N) is 1. The van der Waals surface area contributed by atoms with Crippen molar-refractivity contribution < 1.29 is 23.9 Å². The zero-order valence-electron chi connectivity index (χ0n) is 24.4. The third-order valence-electron chi connectivity index (χ3n) is 6.45. The first kappa shape index (κ1) is 30.7. The number of hydrogen-bond donors (Lipinski definition) is 2. The molecule has 0 saturated heterocycles. The van der Waals surface area contributed by atoms with Crippen molar-refractivity contribution in [1.82, 2.24) is 10.2 Å². The second kappa shape index (κ2) is 12.3. The maximum absolute atomic E-state index is 14.1. The first-order valence-corrected chi connectivity index (χ1v) is 12.9. The summed E-state index contributed by atoms with van der Waals surface area (Å²) in [7, 11) is 1.58. The van der Waals surface area contributed by atoms with Crippen LogP contribution in [0.25, 0.3) is 0 Å². The molecule has 3 amide bonds. The normalized spacial score (nSPS) is 13.2. The first-order chi connectivity index (χ1) is 17.6. The maximum atomic E-state index is 14.1. The Hall–Kier alpha value is -3.55. The van der Waals surface area contributed by atoms with Crippen molar-refractivity contribution in [2.24, 2.45) is 0 Å². The molecule has 2 aromatic carbocycles. The fourth-order valence-electron chi connectivity index (χ4n) is 4.04. The molecule has 8 heteroatoms. The lowest BCUT2D eigenvalue weighted by atomic mass is 9.90. The van der Waals surface area contributed by atoms with E-state index in [1.807, 2.05) is 52.8 Å². The van der Waals surface area contributed by atoms with Crippen LogP contribution in [0.5, 0.6) is 5.75 Å².